The van der Waals surface area contributed by atoms with E-state index in [2.05, 4.69) is 376 Å². The van der Waals surface area contributed by atoms with Gasteiger partial charge in [0.05, 0.1) is 22.2 Å². The van der Waals surface area contributed by atoms with Crippen molar-refractivity contribution in [3.63, 3.8) is 0 Å². The van der Waals surface area contributed by atoms with Crippen LogP contribution >= 0.6 is 15.9 Å². The second kappa shape index (κ2) is 26.2. The normalized spacial score (nSPS) is 13.4. The Kier molecular flexibility index (Phi) is 16.0. The van der Waals surface area contributed by atoms with Gasteiger partial charge in [-0.3, -0.25) is 9.97 Å². The Bertz CT molecular complexity index is 6950. The van der Waals surface area contributed by atoms with Gasteiger partial charge in [0, 0.05) is 27.6 Å². The van der Waals surface area contributed by atoms with Gasteiger partial charge in [-0.1, -0.05) is 289 Å². The third kappa shape index (κ3) is 11.3. The van der Waals surface area contributed by atoms with E-state index in [0.29, 0.717) is 0 Å². The van der Waals surface area contributed by atoms with Crippen LogP contribution in [0.5, 0.6) is 0 Å². The molecule has 20 aromatic rings. The van der Waals surface area contributed by atoms with E-state index in [-0.39, 0.29) is 18.3 Å². The Labute approximate surface area is 624 Å². The molecule has 0 unspecified atom stereocenters. The van der Waals surface area contributed by atoms with Crippen LogP contribution in [0, 0.1) is 0 Å². The summed E-state index contributed by atoms with van der Waals surface area (Å²) in [4.78, 5) is 9.32. The van der Waals surface area contributed by atoms with Crippen molar-refractivity contribution in [2.75, 3.05) is 0 Å². The molecule has 1 fully saturated rings. The van der Waals surface area contributed by atoms with Crippen LogP contribution in [0.15, 0.2) is 357 Å². The van der Waals surface area contributed by atoms with E-state index in [9.17, 15) is 0 Å². The van der Waals surface area contributed by atoms with E-state index in [0.717, 1.165) is 31.7 Å². The van der Waals surface area contributed by atoms with Gasteiger partial charge >= 0.3 is 7.12 Å². The predicted molar refractivity (Wildman–Crippen MR) is 456 cm³/mol. The second-order valence-corrected chi connectivity index (χ2v) is 29.9. The zero-order chi connectivity index (χ0) is 71.2. The van der Waals surface area contributed by atoms with E-state index < -0.39 is 0 Å². The van der Waals surface area contributed by atoms with Crippen LogP contribution in [0.2, 0.25) is 0 Å². The van der Waals surface area contributed by atoms with E-state index in [1.54, 1.807) is 0 Å². The number of benzene rings is 18. The lowest BCUT2D eigenvalue weighted by Crippen LogP contribution is -2.41. The highest BCUT2D eigenvalue weighted by Crippen LogP contribution is 2.49. The number of halogens is 1. The fourth-order valence-corrected chi connectivity index (χ4v) is 16.8. The molecule has 0 bridgehead atoms. The summed E-state index contributed by atoms with van der Waals surface area (Å²) >= 11 is 3.76. The largest absolute Gasteiger partial charge is 0.495 e. The number of aromatic nitrogens is 2. The van der Waals surface area contributed by atoms with Crippen LogP contribution in [0.4, 0.5) is 0 Å². The summed E-state index contributed by atoms with van der Waals surface area (Å²) in [5.74, 6) is 0. The molecule has 21 rings (SSSR count). The Morgan fingerprint density at radius 2 is 0.557 bits per heavy atom. The van der Waals surface area contributed by atoms with Crippen molar-refractivity contribution in [1.29, 1.82) is 0 Å². The maximum absolute atomic E-state index is 6.26. The molecule has 0 atom stereocenters. The molecule has 0 amide bonds. The van der Waals surface area contributed by atoms with Crippen molar-refractivity contribution in [1.82, 2.24) is 9.97 Å². The third-order valence-corrected chi connectivity index (χ3v) is 22.8. The molecular weight excluding hydrogens is 1350 g/mol. The smallest absolute Gasteiger partial charge is 0.399 e. The Hall–Kier alpha value is -12.2. The summed E-state index contributed by atoms with van der Waals surface area (Å²) in [5, 5.41) is 27.3. The molecule has 502 valence electrons. The van der Waals surface area contributed by atoms with Crippen LogP contribution in [0.25, 0.3) is 185 Å². The quantitative estimate of drug-likeness (QED) is 0.0945. The summed E-state index contributed by atoms with van der Waals surface area (Å²) < 4.78 is 13.6. The van der Waals surface area contributed by atoms with E-state index in [1.807, 2.05) is 24.5 Å². The van der Waals surface area contributed by atoms with E-state index >= 15 is 0 Å². The van der Waals surface area contributed by atoms with Gasteiger partial charge in [0.15, 0.2) is 0 Å². The highest BCUT2D eigenvalue weighted by atomic mass is 79.9. The monoisotopic (exact) mass is 1420 g/mol. The summed E-state index contributed by atoms with van der Waals surface area (Å²) in [6.45, 7) is 8.31. The molecule has 0 N–H and O–H groups in total. The van der Waals surface area contributed by atoms with Crippen molar-refractivity contribution in [2.45, 2.75) is 38.9 Å². The lowest BCUT2D eigenvalue weighted by Gasteiger charge is -2.32. The van der Waals surface area contributed by atoms with Gasteiger partial charge in [-0.25, -0.2) is 0 Å². The molecule has 0 saturated carbocycles. The molecule has 1 aliphatic heterocycles. The average Bonchev–Trinajstić information content (AvgIpc) is 0.896. The maximum atomic E-state index is 6.26. The molecule has 2 aromatic heterocycles. The average molecular weight is 1420 g/mol. The Morgan fingerprint density at radius 3 is 0.991 bits per heavy atom. The molecule has 18 aromatic carbocycles. The zero-order valence-electron chi connectivity index (χ0n) is 59.2. The summed E-state index contributed by atoms with van der Waals surface area (Å²) in [6, 6.07) is 123. The third-order valence-electron chi connectivity index (χ3n) is 22.3. The number of pyridine rings is 2. The fraction of sp³-hybridized carbons (Fsp3) is 0.0600. The van der Waals surface area contributed by atoms with Crippen LogP contribution in [-0.4, -0.2) is 28.3 Å². The Balaban J connectivity index is 0.000000116. The molecule has 0 radical (unpaired) electrons. The first-order valence-corrected chi connectivity index (χ1v) is 37.2. The van der Waals surface area contributed by atoms with Crippen LogP contribution in [0.3, 0.4) is 0 Å². The Morgan fingerprint density at radius 1 is 0.245 bits per heavy atom. The highest BCUT2D eigenvalue weighted by molar-refractivity contribution is 9.10. The summed E-state index contributed by atoms with van der Waals surface area (Å²) in [5.41, 5.74) is 14.8. The lowest BCUT2D eigenvalue weighted by atomic mass is 9.75. The summed E-state index contributed by atoms with van der Waals surface area (Å²) in [7, 11) is -0.378. The van der Waals surface area contributed by atoms with Crippen molar-refractivity contribution < 1.29 is 9.31 Å². The van der Waals surface area contributed by atoms with Crippen molar-refractivity contribution in [2.24, 2.45) is 0 Å². The number of hydrogen-bond acceptors (Lipinski definition) is 4. The van der Waals surface area contributed by atoms with Crippen LogP contribution in [-0.2, 0) is 9.31 Å². The minimum absolute atomic E-state index is 0.349. The summed E-state index contributed by atoms with van der Waals surface area (Å²) in [6.07, 6.45) is 3.71. The van der Waals surface area contributed by atoms with Crippen LogP contribution < -0.4 is 5.46 Å². The topological polar surface area (TPSA) is 44.2 Å². The molecule has 0 spiro atoms. The lowest BCUT2D eigenvalue weighted by molar-refractivity contribution is 0.00578. The number of rotatable bonds is 6. The minimum Gasteiger partial charge on any atom is -0.399 e. The molecule has 1 aliphatic rings. The molecule has 106 heavy (non-hydrogen) atoms. The van der Waals surface area contributed by atoms with Gasteiger partial charge in [-0.15, -0.1) is 0 Å². The van der Waals surface area contributed by atoms with Gasteiger partial charge in [0.1, 0.15) is 0 Å². The predicted octanol–water partition coefficient (Wildman–Crippen LogP) is 27.1. The maximum Gasteiger partial charge on any atom is 0.495 e. The molecular formula is C100H70BBrN2O2. The second-order valence-electron chi connectivity index (χ2n) is 29.0. The number of hydrogen-bond donors (Lipinski definition) is 0. The van der Waals surface area contributed by atoms with Gasteiger partial charge in [-0.2, -0.15) is 0 Å². The minimum atomic E-state index is -0.378. The van der Waals surface area contributed by atoms with Crippen molar-refractivity contribution in [3.05, 3.63) is 357 Å². The van der Waals surface area contributed by atoms with E-state index in [4.69, 9.17) is 14.3 Å². The van der Waals surface area contributed by atoms with Gasteiger partial charge in [0.2, 0.25) is 0 Å². The van der Waals surface area contributed by atoms with Crippen LogP contribution in [0.1, 0.15) is 27.7 Å². The first-order valence-electron chi connectivity index (χ1n) is 36.4. The fourth-order valence-electron chi connectivity index (χ4n) is 16.4. The zero-order valence-corrected chi connectivity index (χ0v) is 60.7. The standard InChI is InChI=1S/C47H29N.C34H21Br.C19H20BNO2/c1-3-12-32-26-35(21-19-30(32)10-1)46-40-16-7-8-17-41(40)47(36-22-20-31-11-2-4-13-33(31)27-36)44-28-34(23-24-42(44)46)43-29-45-39(18-9-25-48-45)37-14-5-6-15-38(37)43;35-28-17-18-31-32(21-28)34(27-16-14-23-8-2-4-10-25(23)20-27)30-12-6-5-11-29(30)33(31)26-15-13-22-7-1-3-9-24(22)19-26;1-18(2)19(3,4)23-20(22-18)16-12-17-15(10-7-11-21-17)13-8-5-6-9-14(13)16/h1-29H;1-21H;5-12H,1-4H3. The first-order chi connectivity index (χ1) is 51.9. The molecule has 4 nitrogen and oxygen atoms in total. The van der Waals surface area contributed by atoms with Crippen molar-refractivity contribution in [3.8, 4) is 55.6 Å². The number of nitrogens with zero attached hydrogens (tertiary/aromatic N) is 2. The van der Waals surface area contributed by atoms with Gasteiger partial charge < -0.3 is 9.31 Å². The first kappa shape index (κ1) is 64.7. The highest BCUT2D eigenvalue weighted by Gasteiger charge is 2.52. The van der Waals surface area contributed by atoms with Crippen molar-refractivity contribution >= 4 is 158 Å². The molecule has 3 heterocycles. The van der Waals surface area contributed by atoms with Gasteiger partial charge in [0.25, 0.3) is 0 Å². The molecule has 1 saturated heterocycles. The number of fused-ring (bicyclic) bond motifs is 14. The van der Waals surface area contributed by atoms with E-state index in [1.165, 1.54) is 163 Å². The SMILES string of the molecule is Brc1ccc2c(-c3ccc4ccccc4c3)c3ccccc3c(-c3ccc4ccccc4c3)c2c1.CC1(C)OB(c2cc3ncccc3c3ccccc23)OC1(C)C.c1ccc2cc(-c3c4ccccc4c(-c4ccc5ccccc5c4)c4cc(-c5cc6ncccc6c6ccccc56)ccc34)ccc2c1. The molecule has 0 aliphatic carbocycles. The van der Waals surface area contributed by atoms with Gasteiger partial charge in [-0.05, 0) is 263 Å². The molecule has 6 heteroatoms.